The van der Waals surface area contributed by atoms with Gasteiger partial charge in [0.25, 0.3) is 0 Å². The summed E-state index contributed by atoms with van der Waals surface area (Å²) < 4.78 is 11.2. The van der Waals surface area contributed by atoms with Crippen LogP contribution >= 0.6 is 11.8 Å². The van der Waals surface area contributed by atoms with Gasteiger partial charge in [-0.1, -0.05) is 30.3 Å². The minimum Gasteiger partial charge on any atom is -0.490 e. The maximum atomic E-state index is 13.2. The maximum Gasteiger partial charge on any atom is 0.315 e. The van der Waals surface area contributed by atoms with Gasteiger partial charge in [0.05, 0.1) is 0 Å². The van der Waals surface area contributed by atoms with Crippen molar-refractivity contribution in [3.8, 4) is 5.75 Å². The molecule has 32 heavy (non-hydrogen) atoms. The van der Waals surface area contributed by atoms with E-state index < -0.39 is 5.92 Å². The highest BCUT2D eigenvalue weighted by Gasteiger charge is 2.43. The van der Waals surface area contributed by atoms with E-state index in [1.165, 1.54) is 0 Å². The van der Waals surface area contributed by atoms with E-state index in [4.69, 9.17) is 9.47 Å². The van der Waals surface area contributed by atoms with Crippen molar-refractivity contribution < 1.29 is 19.1 Å². The van der Waals surface area contributed by atoms with Gasteiger partial charge in [-0.05, 0) is 55.9 Å². The van der Waals surface area contributed by atoms with Crippen molar-refractivity contribution in [2.45, 2.75) is 37.0 Å². The molecule has 1 aliphatic carbocycles. The van der Waals surface area contributed by atoms with Crippen LogP contribution in [0, 0.1) is 5.92 Å². The number of aliphatic imine (C=N–C) groups is 1. The first-order chi connectivity index (χ1) is 15.6. The molecule has 1 aliphatic heterocycles. The number of rotatable bonds is 7. The Morgan fingerprint density at radius 3 is 2.53 bits per heavy atom. The minimum absolute atomic E-state index is 0.0895. The molecule has 2 aromatic carbocycles. The van der Waals surface area contributed by atoms with Crippen molar-refractivity contribution in [3.63, 3.8) is 0 Å². The Bertz CT molecular complexity index is 1040. The molecule has 2 atom stereocenters. The summed E-state index contributed by atoms with van der Waals surface area (Å²) in [6.45, 7) is 2.26. The number of ketones is 1. The van der Waals surface area contributed by atoms with Gasteiger partial charge in [-0.2, -0.15) is 0 Å². The maximum absolute atomic E-state index is 13.2. The lowest BCUT2D eigenvalue weighted by molar-refractivity contribution is -0.147. The third-order valence-corrected chi connectivity index (χ3v) is 6.65. The van der Waals surface area contributed by atoms with Gasteiger partial charge in [0.1, 0.15) is 24.9 Å². The second kappa shape index (κ2) is 10.2. The summed E-state index contributed by atoms with van der Waals surface area (Å²) >= 11 is 1.66. The smallest absolute Gasteiger partial charge is 0.315 e. The van der Waals surface area contributed by atoms with Gasteiger partial charge in [0, 0.05) is 34.2 Å². The van der Waals surface area contributed by atoms with Gasteiger partial charge >= 0.3 is 5.97 Å². The second-order valence-corrected chi connectivity index (χ2v) is 8.83. The molecule has 0 spiro atoms. The average Bonchev–Trinajstić information content (AvgIpc) is 2.82. The Hall–Kier alpha value is -2.86. The molecule has 0 bridgehead atoms. The average molecular weight is 450 g/mol. The Balaban J connectivity index is 1.55. The normalized spacial score (nSPS) is 20.4. The zero-order valence-corrected chi connectivity index (χ0v) is 19.2. The number of esters is 1. The van der Waals surface area contributed by atoms with E-state index in [9.17, 15) is 9.59 Å². The molecule has 0 aromatic heterocycles. The van der Waals surface area contributed by atoms with Crippen molar-refractivity contribution in [2.24, 2.45) is 10.9 Å². The minimum atomic E-state index is -0.618. The predicted molar refractivity (Wildman–Crippen MR) is 126 cm³/mol. The molecule has 0 saturated heterocycles. The van der Waals surface area contributed by atoms with E-state index in [0.29, 0.717) is 17.7 Å². The van der Waals surface area contributed by atoms with E-state index in [2.05, 4.69) is 4.99 Å². The highest BCUT2D eigenvalue weighted by Crippen LogP contribution is 2.43. The zero-order chi connectivity index (χ0) is 22.5. The molecule has 2 aliphatic rings. The van der Waals surface area contributed by atoms with Gasteiger partial charge in [0.2, 0.25) is 0 Å². The molecule has 0 saturated carbocycles. The lowest BCUT2D eigenvalue weighted by Gasteiger charge is -2.34. The molecule has 166 valence electrons. The standard InChI is InChI=1S/C26H27NO4S/c1-17-23(26(29)31-16-15-30-19-7-4-3-5-8-19)24(18-11-13-20(32-2)14-12-18)25-21(27-17)9-6-10-22(25)28/h3-5,7-8,11-14,23-24H,6,9-10,15-16H2,1-2H3/t23?,24-/m0/s1. The third-order valence-electron chi connectivity index (χ3n) is 5.90. The molecule has 5 nitrogen and oxygen atoms in total. The van der Waals surface area contributed by atoms with Gasteiger partial charge in [-0.3, -0.25) is 14.6 Å². The van der Waals surface area contributed by atoms with Crippen LogP contribution in [0.4, 0.5) is 0 Å². The Morgan fingerprint density at radius 1 is 1.06 bits per heavy atom. The number of carbonyl (C=O) groups excluding carboxylic acids is 2. The lowest BCUT2D eigenvalue weighted by Crippen LogP contribution is -2.37. The summed E-state index contributed by atoms with van der Waals surface area (Å²) in [5.74, 6) is -0.534. The lowest BCUT2D eigenvalue weighted by atomic mass is 9.72. The number of hydrogen-bond donors (Lipinski definition) is 0. The quantitative estimate of drug-likeness (QED) is 0.330. The van der Waals surface area contributed by atoms with Crippen LogP contribution < -0.4 is 4.74 Å². The van der Waals surface area contributed by atoms with Crippen LogP contribution in [0.15, 0.2) is 75.8 Å². The Labute approximate surface area is 192 Å². The summed E-state index contributed by atoms with van der Waals surface area (Å²) in [5.41, 5.74) is 3.16. The molecule has 0 N–H and O–H groups in total. The van der Waals surface area contributed by atoms with Crippen LogP contribution in [-0.2, 0) is 14.3 Å². The topological polar surface area (TPSA) is 65.0 Å². The zero-order valence-electron chi connectivity index (χ0n) is 18.4. The molecule has 0 amide bonds. The van der Waals surface area contributed by atoms with Gasteiger partial charge in [0.15, 0.2) is 5.78 Å². The van der Waals surface area contributed by atoms with Crippen LogP contribution in [-0.4, -0.2) is 36.9 Å². The van der Waals surface area contributed by atoms with Gasteiger partial charge in [-0.15, -0.1) is 11.8 Å². The Kier molecular flexibility index (Phi) is 7.10. The number of para-hydroxylation sites is 1. The van der Waals surface area contributed by atoms with Crippen LogP contribution in [0.2, 0.25) is 0 Å². The van der Waals surface area contributed by atoms with Crippen LogP contribution in [0.5, 0.6) is 5.75 Å². The molecule has 0 radical (unpaired) electrons. The van der Waals surface area contributed by atoms with Crippen molar-refractivity contribution >= 4 is 29.2 Å². The first kappa shape index (κ1) is 22.3. The largest absolute Gasteiger partial charge is 0.490 e. The molecular weight excluding hydrogens is 422 g/mol. The molecule has 6 heteroatoms. The molecule has 1 heterocycles. The first-order valence-electron chi connectivity index (χ1n) is 10.9. The monoisotopic (exact) mass is 449 g/mol. The van der Waals surface area contributed by atoms with Crippen molar-refractivity contribution in [1.29, 1.82) is 0 Å². The van der Waals surface area contributed by atoms with Gasteiger partial charge < -0.3 is 9.47 Å². The fourth-order valence-corrected chi connectivity index (χ4v) is 4.80. The summed E-state index contributed by atoms with van der Waals surface area (Å²) in [6, 6.07) is 17.5. The molecular formula is C26H27NO4S. The fourth-order valence-electron chi connectivity index (χ4n) is 4.39. The number of carbonyl (C=O) groups is 2. The van der Waals surface area contributed by atoms with E-state index in [0.717, 1.165) is 34.7 Å². The van der Waals surface area contributed by atoms with Crippen molar-refractivity contribution in [2.75, 3.05) is 19.5 Å². The van der Waals surface area contributed by atoms with E-state index in [1.54, 1.807) is 11.8 Å². The van der Waals surface area contributed by atoms with E-state index in [-0.39, 0.29) is 30.9 Å². The summed E-state index contributed by atoms with van der Waals surface area (Å²) in [7, 11) is 0. The number of ether oxygens (including phenoxy) is 2. The van der Waals surface area contributed by atoms with E-state index in [1.807, 2.05) is 67.8 Å². The van der Waals surface area contributed by atoms with E-state index >= 15 is 0 Å². The highest BCUT2D eigenvalue weighted by molar-refractivity contribution is 7.98. The molecule has 4 rings (SSSR count). The van der Waals surface area contributed by atoms with Crippen LogP contribution in [0.25, 0.3) is 0 Å². The molecule has 1 unspecified atom stereocenters. The fraction of sp³-hybridized carbons (Fsp3) is 0.346. The predicted octanol–water partition coefficient (Wildman–Crippen LogP) is 5.21. The molecule has 0 fully saturated rings. The summed E-state index contributed by atoms with van der Waals surface area (Å²) in [6.07, 6.45) is 4.10. The van der Waals surface area contributed by atoms with Crippen LogP contribution in [0.1, 0.15) is 37.7 Å². The SMILES string of the molecule is CSc1ccc([C@@H]2C3=C(CCCC3=O)N=C(C)C2C(=O)OCCOc2ccccc2)cc1. The number of Topliss-reactive ketones (excluding diaryl/α,β-unsaturated/α-hetero) is 1. The highest BCUT2D eigenvalue weighted by atomic mass is 32.2. The van der Waals surface area contributed by atoms with Gasteiger partial charge in [-0.25, -0.2) is 0 Å². The number of nitrogens with zero attached hydrogens (tertiary/aromatic N) is 1. The first-order valence-corrected chi connectivity index (χ1v) is 12.1. The number of benzene rings is 2. The molecule has 2 aromatic rings. The summed E-state index contributed by atoms with van der Waals surface area (Å²) in [5, 5.41) is 0. The van der Waals surface area contributed by atoms with Crippen LogP contribution in [0.3, 0.4) is 0 Å². The Morgan fingerprint density at radius 2 is 1.81 bits per heavy atom. The summed E-state index contributed by atoms with van der Waals surface area (Å²) in [4.78, 5) is 32.0. The number of hydrogen-bond acceptors (Lipinski definition) is 6. The van der Waals surface area contributed by atoms with Crippen molar-refractivity contribution in [3.05, 3.63) is 71.4 Å². The number of thioether (sulfide) groups is 1. The number of allylic oxidation sites excluding steroid dienone is 2. The van der Waals surface area contributed by atoms with Crippen molar-refractivity contribution in [1.82, 2.24) is 0 Å². The second-order valence-electron chi connectivity index (χ2n) is 7.95. The third kappa shape index (κ3) is 4.80.